The summed E-state index contributed by atoms with van der Waals surface area (Å²) < 4.78 is 68.8. The molecule has 0 radical (unpaired) electrons. The number of carbonyl (C=O) groups excluding carboxylic acids is 1. The Hall–Kier alpha value is -4.88. The Morgan fingerprint density at radius 3 is 2.59 bits per heavy atom. The number of aromatic nitrogens is 4. The van der Waals surface area contributed by atoms with E-state index in [1.165, 1.54) is 55.0 Å². The first-order chi connectivity index (χ1) is 22.0. The molecule has 0 unspecified atom stereocenters. The van der Waals surface area contributed by atoms with Gasteiger partial charge in [-0.3, -0.25) is 4.79 Å². The molecule has 0 aliphatic rings. The maximum absolute atomic E-state index is 15.5. The van der Waals surface area contributed by atoms with E-state index in [0.717, 1.165) is 26.3 Å². The largest absolute Gasteiger partial charge is 0.469 e. The van der Waals surface area contributed by atoms with Crippen LogP contribution in [0.5, 0.6) is 11.5 Å². The molecule has 6 rings (SSSR count). The summed E-state index contributed by atoms with van der Waals surface area (Å²) in [5.41, 5.74) is 3.06. The van der Waals surface area contributed by atoms with Crippen molar-refractivity contribution in [2.75, 3.05) is 7.11 Å². The number of ether oxygens (including phenoxy) is 2. The fraction of sp³-hybridized carbons (Fsp3) is 0.182. The van der Waals surface area contributed by atoms with Gasteiger partial charge in [0.15, 0.2) is 11.6 Å². The van der Waals surface area contributed by atoms with E-state index in [-0.39, 0.29) is 45.7 Å². The fourth-order valence-electron chi connectivity index (χ4n) is 5.03. The lowest BCUT2D eigenvalue weighted by Gasteiger charge is -2.13. The minimum Gasteiger partial charge on any atom is -0.469 e. The zero-order valence-electron chi connectivity index (χ0n) is 25.0. The predicted molar refractivity (Wildman–Crippen MR) is 170 cm³/mol. The van der Waals surface area contributed by atoms with Crippen molar-refractivity contribution in [3.8, 4) is 22.9 Å². The van der Waals surface area contributed by atoms with E-state index in [9.17, 15) is 17.6 Å². The number of esters is 1. The second kappa shape index (κ2) is 12.5. The van der Waals surface area contributed by atoms with Gasteiger partial charge in [0.25, 0.3) is 10.0 Å². The van der Waals surface area contributed by atoms with Gasteiger partial charge in [-0.15, -0.1) is 11.3 Å². The van der Waals surface area contributed by atoms with Gasteiger partial charge in [-0.25, -0.2) is 31.1 Å². The van der Waals surface area contributed by atoms with E-state index in [1.54, 1.807) is 31.3 Å². The smallest absolute Gasteiger partial charge is 0.305 e. The topological polar surface area (TPSA) is 116 Å². The van der Waals surface area contributed by atoms with E-state index in [1.807, 2.05) is 12.3 Å². The summed E-state index contributed by atoms with van der Waals surface area (Å²) >= 11 is 1.44. The number of aromatic amines is 1. The highest BCUT2D eigenvalue weighted by molar-refractivity contribution is 7.90. The number of imidazole rings is 1. The van der Waals surface area contributed by atoms with Crippen LogP contribution < -0.4 is 4.74 Å². The number of nitrogens with one attached hydrogen (secondary N) is 1. The van der Waals surface area contributed by atoms with Crippen LogP contribution in [-0.4, -0.2) is 40.4 Å². The third kappa shape index (κ3) is 6.15. The van der Waals surface area contributed by atoms with E-state index in [0.29, 0.717) is 29.5 Å². The lowest BCUT2D eigenvalue weighted by molar-refractivity contribution is -0.140. The number of benzene rings is 3. The Morgan fingerprint density at radius 1 is 1.04 bits per heavy atom. The molecule has 0 aliphatic carbocycles. The first-order valence-electron chi connectivity index (χ1n) is 14.2. The highest BCUT2D eigenvalue weighted by Crippen LogP contribution is 2.37. The molecule has 0 bridgehead atoms. The average Bonchev–Trinajstić information content (AvgIpc) is 3.80. The number of halogens is 2. The molecule has 0 saturated carbocycles. The second-order valence-corrected chi connectivity index (χ2v) is 13.4. The Balaban J connectivity index is 1.23. The molecule has 0 atom stereocenters. The summed E-state index contributed by atoms with van der Waals surface area (Å²) in [4.78, 5) is 23.5. The Morgan fingerprint density at radius 2 is 1.83 bits per heavy atom. The van der Waals surface area contributed by atoms with Crippen LogP contribution in [0.2, 0.25) is 0 Å². The number of thiazole rings is 1. The zero-order chi connectivity index (χ0) is 32.6. The number of carbonyl (C=O) groups is 1. The molecule has 0 amide bonds. The molecule has 0 saturated heterocycles. The number of fused-ring (bicyclic) bond motifs is 1. The van der Waals surface area contributed by atoms with Crippen LogP contribution in [0, 0.1) is 25.5 Å². The normalized spacial score (nSPS) is 11.7. The molecule has 13 heteroatoms. The molecule has 0 spiro atoms. The molecule has 236 valence electrons. The van der Waals surface area contributed by atoms with E-state index >= 15 is 4.39 Å². The van der Waals surface area contributed by atoms with Gasteiger partial charge in [0.2, 0.25) is 0 Å². The molecule has 3 aromatic heterocycles. The first kappa shape index (κ1) is 31.1. The summed E-state index contributed by atoms with van der Waals surface area (Å²) in [6.07, 6.45) is 4.12. The van der Waals surface area contributed by atoms with Crippen LogP contribution in [-0.2, 0) is 32.4 Å². The second-order valence-electron chi connectivity index (χ2n) is 10.7. The summed E-state index contributed by atoms with van der Waals surface area (Å²) in [7, 11) is -2.63. The van der Waals surface area contributed by atoms with Crippen molar-refractivity contribution in [3.63, 3.8) is 0 Å². The molecule has 1 N–H and O–H groups in total. The molecular weight excluding hydrogens is 635 g/mol. The van der Waals surface area contributed by atoms with E-state index in [4.69, 9.17) is 4.74 Å². The highest BCUT2D eigenvalue weighted by Gasteiger charge is 2.23. The molecule has 3 heterocycles. The van der Waals surface area contributed by atoms with Gasteiger partial charge >= 0.3 is 5.97 Å². The third-order valence-corrected chi connectivity index (χ3v) is 10.1. The van der Waals surface area contributed by atoms with Crippen LogP contribution in [0.4, 0.5) is 8.78 Å². The van der Waals surface area contributed by atoms with Gasteiger partial charge in [-0.2, -0.15) is 0 Å². The van der Waals surface area contributed by atoms with Crippen LogP contribution in [0.1, 0.15) is 33.9 Å². The van der Waals surface area contributed by atoms with Crippen molar-refractivity contribution in [1.29, 1.82) is 0 Å². The number of rotatable bonds is 10. The number of methoxy groups -OCH3 is 1. The predicted octanol–water partition coefficient (Wildman–Crippen LogP) is 7.11. The molecule has 6 aromatic rings. The lowest BCUT2D eigenvalue weighted by atomic mass is 10.1. The van der Waals surface area contributed by atoms with E-state index < -0.39 is 21.7 Å². The molecule has 9 nitrogen and oxygen atoms in total. The Kier molecular flexibility index (Phi) is 8.45. The van der Waals surface area contributed by atoms with Gasteiger partial charge in [0.1, 0.15) is 17.4 Å². The van der Waals surface area contributed by atoms with Gasteiger partial charge in [0, 0.05) is 53.3 Å². The van der Waals surface area contributed by atoms with Crippen molar-refractivity contribution in [3.05, 3.63) is 112 Å². The SMILES string of the molecule is COC(=O)CCc1nc(Cc2cnc(-c3cc(Oc4c(F)cc5c(ccn5S(=O)(=O)c5ccc(C)cc5)c4C)ccc3F)[nH]2)cs1. The van der Waals surface area contributed by atoms with Gasteiger partial charge in [-0.1, -0.05) is 17.7 Å². The van der Waals surface area contributed by atoms with Crippen LogP contribution in [0.15, 0.2) is 77.3 Å². The van der Waals surface area contributed by atoms with Crippen LogP contribution in [0.3, 0.4) is 0 Å². The minimum absolute atomic E-state index is 0.0842. The van der Waals surface area contributed by atoms with Crippen LogP contribution >= 0.6 is 11.3 Å². The Bertz CT molecular complexity index is 2190. The minimum atomic E-state index is -3.97. The van der Waals surface area contributed by atoms with Crippen molar-refractivity contribution in [1.82, 2.24) is 18.9 Å². The number of hydrogen-bond acceptors (Lipinski definition) is 8. The lowest BCUT2D eigenvalue weighted by Crippen LogP contribution is -2.12. The van der Waals surface area contributed by atoms with Crippen molar-refractivity contribution in [2.45, 2.75) is 38.0 Å². The standard InChI is InChI=1S/C33H28F2N4O5S2/c1-19-4-7-24(8-5-19)46(41,42)39-13-12-25-20(2)32(28(35)16-29(25)39)44-23-6-9-27(34)26(15-23)33-36-17-21(38-33)14-22-18-45-30(37-22)10-11-31(40)43-3/h4-9,12-13,15-18H,10-11,14H2,1-3H3,(H,36,38). The highest BCUT2D eigenvalue weighted by atomic mass is 32.2. The average molecular weight is 663 g/mol. The molecular formula is C33H28F2N4O5S2. The van der Waals surface area contributed by atoms with Crippen molar-refractivity contribution < 1.29 is 31.5 Å². The summed E-state index contributed by atoms with van der Waals surface area (Å²) in [5, 5.41) is 3.18. The number of hydrogen-bond donors (Lipinski definition) is 1. The number of H-pyrrole nitrogens is 1. The maximum Gasteiger partial charge on any atom is 0.305 e. The summed E-state index contributed by atoms with van der Waals surface area (Å²) in [6, 6.07) is 13.1. The molecule has 3 aromatic carbocycles. The van der Waals surface area contributed by atoms with Crippen LogP contribution in [0.25, 0.3) is 22.3 Å². The van der Waals surface area contributed by atoms with Gasteiger partial charge < -0.3 is 14.5 Å². The molecule has 46 heavy (non-hydrogen) atoms. The summed E-state index contributed by atoms with van der Waals surface area (Å²) in [5.74, 6) is -1.32. The monoisotopic (exact) mass is 662 g/mol. The number of aryl methyl sites for hydroxylation is 3. The maximum atomic E-state index is 15.5. The fourth-order valence-corrected chi connectivity index (χ4v) is 7.17. The molecule has 0 fully saturated rings. The number of nitrogens with zero attached hydrogens (tertiary/aromatic N) is 3. The zero-order valence-corrected chi connectivity index (χ0v) is 26.6. The van der Waals surface area contributed by atoms with Gasteiger partial charge in [-0.05, 0) is 50.2 Å². The Labute approximate surface area is 267 Å². The third-order valence-electron chi connectivity index (χ3n) is 7.48. The van der Waals surface area contributed by atoms with Crippen molar-refractivity contribution >= 4 is 38.2 Å². The summed E-state index contributed by atoms with van der Waals surface area (Å²) in [6.45, 7) is 3.49. The quantitative estimate of drug-likeness (QED) is 0.156. The van der Waals surface area contributed by atoms with Crippen molar-refractivity contribution in [2.24, 2.45) is 0 Å². The first-order valence-corrected chi connectivity index (χ1v) is 16.5. The molecule has 0 aliphatic heterocycles. The van der Waals surface area contributed by atoms with E-state index in [2.05, 4.69) is 19.7 Å². The van der Waals surface area contributed by atoms with Gasteiger partial charge in [0.05, 0.1) is 40.2 Å².